The molecule has 0 amide bonds. The van der Waals surface area contributed by atoms with Crippen molar-refractivity contribution in [1.29, 1.82) is 5.26 Å². The lowest BCUT2D eigenvalue weighted by Crippen LogP contribution is -2.02. The first-order chi connectivity index (χ1) is 9.31. The summed E-state index contributed by atoms with van der Waals surface area (Å²) in [6.45, 7) is 3.19. The Kier molecular flexibility index (Phi) is 4.35. The number of hydrogen-bond acceptors (Lipinski definition) is 4. The van der Waals surface area contributed by atoms with E-state index in [1.54, 1.807) is 12.1 Å². The van der Waals surface area contributed by atoms with Gasteiger partial charge < -0.3 is 10.1 Å². The molecule has 0 radical (unpaired) electrons. The van der Waals surface area contributed by atoms with Gasteiger partial charge in [-0.2, -0.15) is 10.2 Å². The first-order valence-electron chi connectivity index (χ1n) is 6.14. The molecule has 96 valence electrons. The third kappa shape index (κ3) is 3.71. The van der Waals surface area contributed by atoms with Crippen molar-refractivity contribution in [2.45, 2.75) is 13.5 Å². The first-order valence-corrected chi connectivity index (χ1v) is 6.14. The molecule has 2 aromatic rings. The molecule has 0 bridgehead atoms. The summed E-state index contributed by atoms with van der Waals surface area (Å²) in [5.41, 5.74) is 1.77. The molecule has 0 unspecified atom stereocenters. The minimum atomic E-state index is 0.603. The number of pyridine rings is 1. The fraction of sp³-hybridized carbons (Fsp3) is 0.200. The van der Waals surface area contributed by atoms with E-state index in [0.717, 1.165) is 11.4 Å². The quantitative estimate of drug-likeness (QED) is 0.890. The van der Waals surface area contributed by atoms with Crippen molar-refractivity contribution >= 4 is 5.82 Å². The average molecular weight is 253 g/mol. The SMILES string of the molecule is CCOc1cccc(NCc2ccc(C#N)cc2)n1. The third-order valence-corrected chi connectivity index (χ3v) is 2.57. The van der Waals surface area contributed by atoms with Gasteiger partial charge in [-0.1, -0.05) is 18.2 Å². The number of hydrogen-bond donors (Lipinski definition) is 1. The Morgan fingerprint density at radius 3 is 2.68 bits per heavy atom. The minimum absolute atomic E-state index is 0.603. The Bertz CT molecular complexity index is 573. The van der Waals surface area contributed by atoms with E-state index >= 15 is 0 Å². The maximum Gasteiger partial charge on any atom is 0.215 e. The van der Waals surface area contributed by atoms with Crippen LogP contribution in [0.5, 0.6) is 5.88 Å². The zero-order valence-corrected chi connectivity index (χ0v) is 10.8. The molecule has 1 heterocycles. The Morgan fingerprint density at radius 1 is 1.21 bits per heavy atom. The van der Waals surface area contributed by atoms with Crippen LogP contribution in [0.25, 0.3) is 0 Å². The fourth-order valence-corrected chi connectivity index (χ4v) is 1.63. The normalized spacial score (nSPS) is 9.68. The first kappa shape index (κ1) is 12.9. The Morgan fingerprint density at radius 2 is 2.00 bits per heavy atom. The summed E-state index contributed by atoms with van der Waals surface area (Å²) in [6.07, 6.45) is 0. The van der Waals surface area contributed by atoms with Crippen LogP contribution >= 0.6 is 0 Å². The summed E-state index contributed by atoms with van der Waals surface area (Å²) < 4.78 is 5.34. The third-order valence-electron chi connectivity index (χ3n) is 2.57. The topological polar surface area (TPSA) is 57.9 Å². The summed E-state index contributed by atoms with van der Waals surface area (Å²) in [7, 11) is 0. The molecule has 1 N–H and O–H groups in total. The summed E-state index contributed by atoms with van der Waals surface area (Å²) in [4.78, 5) is 4.33. The zero-order chi connectivity index (χ0) is 13.5. The van der Waals surface area contributed by atoms with Crippen molar-refractivity contribution in [3.8, 4) is 11.9 Å². The highest BCUT2D eigenvalue weighted by Gasteiger charge is 1.98. The molecule has 0 saturated heterocycles. The second-order valence-electron chi connectivity index (χ2n) is 3.96. The molecule has 0 saturated carbocycles. The Labute approximate surface area is 112 Å². The van der Waals surface area contributed by atoms with Gasteiger partial charge in [0, 0.05) is 12.6 Å². The number of rotatable bonds is 5. The molecular weight excluding hydrogens is 238 g/mol. The Balaban J connectivity index is 1.97. The van der Waals surface area contributed by atoms with Crippen molar-refractivity contribution in [3.05, 3.63) is 53.6 Å². The summed E-state index contributed by atoms with van der Waals surface area (Å²) in [5, 5.41) is 12.0. The van der Waals surface area contributed by atoms with Crippen molar-refractivity contribution in [2.24, 2.45) is 0 Å². The highest BCUT2D eigenvalue weighted by Crippen LogP contribution is 2.12. The summed E-state index contributed by atoms with van der Waals surface area (Å²) >= 11 is 0. The van der Waals surface area contributed by atoms with Crippen LogP contribution in [-0.2, 0) is 6.54 Å². The smallest absolute Gasteiger partial charge is 0.215 e. The van der Waals surface area contributed by atoms with Gasteiger partial charge in [0.2, 0.25) is 5.88 Å². The molecule has 0 aliphatic heterocycles. The predicted octanol–water partition coefficient (Wildman–Crippen LogP) is 2.96. The number of aromatic nitrogens is 1. The highest BCUT2D eigenvalue weighted by molar-refractivity contribution is 5.39. The maximum absolute atomic E-state index is 8.73. The molecule has 4 heteroatoms. The van der Waals surface area contributed by atoms with E-state index in [1.807, 2.05) is 37.3 Å². The molecule has 1 aromatic carbocycles. The average Bonchev–Trinajstić information content (AvgIpc) is 2.46. The standard InChI is InChI=1S/C15H15N3O/c1-2-19-15-5-3-4-14(18-15)17-11-13-8-6-12(10-16)7-9-13/h3-9H,2,11H2,1H3,(H,17,18). The van der Waals surface area contributed by atoms with E-state index in [2.05, 4.69) is 16.4 Å². The number of nitriles is 1. The van der Waals surface area contributed by atoms with Crippen LogP contribution in [0.1, 0.15) is 18.1 Å². The number of nitrogens with zero attached hydrogens (tertiary/aromatic N) is 2. The van der Waals surface area contributed by atoms with Gasteiger partial charge in [-0.25, -0.2) is 0 Å². The largest absolute Gasteiger partial charge is 0.478 e. The van der Waals surface area contributed by atoms with E-state index in [-0.39, 0.29) is 0 Å². The zero-order valence-electron chi connectivity index (χ0n) is 10.8. The van der Waals surface area contributed by atoms with E-state index in [9.17, 15) is 0 Å². The van der Waals surface area contributed by atoms with Gasteiger partial charge in [0.15, 0.2) is 0 Å². The van der Waals surface area contributed by atoms with Gasteiger partial charge in [-0.15, -0.1) is 0 Å². The maximum atomic E-state index is 8.73. The molecule has 1 aromatic heterocycles. The highest BCUT2D eigenvalue weighted by atomic mass is 16.5. The van der Waals surface area contributed by atoms with Crippen LogP contribution in [0.15, 0.2) is 42.5 Å². The van der Waals surface area contributed by atoms with Crippen LogP contribution in [0.2, 0.25) is 0 Å². The van der Waals surface area contributed by atoms with Crippen molar-refractivity contribution in [1.82, 2.24) is 4.98 Å². The van der Waals surface area contributed by atoms with E-state index < -0.39 is 0 Å². The van der Waals surface area contributed by atoms with E-state index in [1.165, 1.54) is 0 Å². The molecular formula is C15H15N3O. The molecule has 0 spiro atoms. The molecule has 0 aliphatic carbocycles. The molecule has 0 aliphatic rings. The van der Waals surface area contributed by atoms with Gasteiger partial charge in [-0.3, -0.25) is 0 Å². The van der Waals surface area contributed by atoms with Gasteiger partial charge in [0.05, 0.1) is 18.2 Å². The lowest BCUT2D eigenvalue weighted by Gasteiger charge is -2.07. The predicted molar refractivity (Wildman–Crippen MR) is 73.9 cm³/mol. The number of ether oxygens (including phenoxy) is 1. The molecule has 0 atom stereocenters. The van der Waals surface area contributed by atoms with Gasteiger partial charge in [0.25, 0.3) is 0 Å². The molecule has 19 heavy (non-hydrogen) atoms. The van der Waals surface area contributed by atoms with Crippen LogP contribution in [0.3, 0.4) is 0 Å². The number of anilines is 1. The molecule has 0 fully saturated rings. The van der Waals surface area contributed by atoms with Crippen LogP contribution < -0.4 is 10.1 Å². The second kappa shape index (κ2) is 6.41. The van der Waals surface area contributed by atoms with Gasteiger partial charge in [0.1, 0.15) is 5.82 Å². The second-order valence-corrected chi connectivity index (χ2v) is 3.96. The molecule has 4 nitrogen and oxygen atoms in total. The molecule has 2 rings (SSSR count). The van der Waals surface area contributed by atoms with Gasteiger partial charge in [-0.05, 0) is 30.7 Å². The number of benzene rings is 1. The van der Waals surface area contributed by atoms with Crippen molar-refractivity contribution in [2.75, 3.05) is 11.9 Å². The van der Waals surface area contributed by atoms with Crippen LogP contribution in [-0.4, -0.2) is 11.6 Å². The summed E-state index contributed by atoms with van der Waals surface area (Å²) in [5.74, 6) is 1.39. The fourth-order valence-electron chi connectivity index (χ4n) is 1.63. The van der Waals surface area contributed by atoms with Crippen molar-refractivity contribution < 1.29 is 4.74 Å². The van der Waals surface area contributed by atoms with Crippen molar-refractivity contribution in [3.63, 3.8) is 0 Å². The lowest BCUT2D eigenvalue weighted by molar-refractivity contribution is 0.327. The van der Waals surface area contributed by atoms with Gasteiger partial charge >= 0.3 is 0 Å². The van der Waals surface area contributed by atoms with Crippen LogP contribution in [0, 0.1) is 11.3 Å². The van der Waals surface area contributed by atoms with Crippen LogP contribution in [0.4, 0.5) is 5.82 Å². The summed E-state index contributed by atoms with van der Waals surface area (Å²) in [6, 6.07) is 15.2. The van der Waals surface area contributed by atoms with E-state index in [4.69, 9.17) is 10.00 Å². The monoisotopic (exact) mass is 253 g/mol. The van der Waals surface area contributed by atoms with E-state index in [0.29, 0.717) is 24.6 Å². The Hall–Kier alpha value is -2.54. The lowest BCUT2D eigenvalue weighted by atomic mass is 10.1. The minimum Gasteiger partial charge on any atom is -0.478 e. The number of nitrogens with one attached hydrogen (secondary N) is 1.